The van der Waals surface area contributed by atoms with Crippen molar-refractivity contribution in [2.75, 3.05) is 33.7 Å². The summed E-state index contributed by atoms with van der Waals surface area (Å²) in [5.41, 5.74) is 0. The standard InChI is InChI=1S/C19H32N4O3/c1-14(2)12-16(13-22(3)4)21-19(25)20-15-7-9-23(10-8-15)18(24)17-6-5-11-26-17/h5-6,11,14-16H,7-10,12-13H2,1-4H3,(H2,20,21,25). The molecule has 0 saturated carbocycles. The molecule has 1 fully saturated rings. The predicted octanol–water partition coefficient (Wildman–Crippen LogP) is 2.16. The summed E-state index contributed by atoms with van der Waals surface area (Å²) in [6.45, 7) is 6.39. The van der Waals surface area contributed by atoms with Crippen molar-refractivity contribution in [3.05, 3.63) is 24.2 Å². The van der Waals surface area contributed by atoms with Crippen molar-refractivity contribution in [3.8, 4) is 0 Å². The Morgan fingerprint density at radius 1 is 1.31 bits per heavy atom. The molecule has 1 atom stereocenters. The van der Waals surface area contributed by atoms with Gasteiger partial charge < -0.3 is 24.9 Å². The number of carbonyl (C=O) groups excluding carboxylic acids is 2. The van der Waals surface area contributed by atoms with Crippen LogP contribution in [0.4, 0.5) is 4.79 Å². The van der Waals surface area contributed by atoms with Gasteiger partial charge in [0, 0.05) is 31.7 Å². The van der Waals surface area contributed by atoms with Crippen molar-refractivity contribution in [1.82, 2.24) is 20.4 Å². The molecule has 1 aliphatic heterocycles. The highest BCUT2D eigenvalue weighted by Gasteiger charge is 2.26. The molecule has 1 saturated heterocycles. The van der Waals surface area contributed by atoms with Gasteiger partial charge in [-0.05, 0) is 51.4 Å². The third-order valence-corrected chi connectivity index (χ3v) is 4.53. The normalized spacial score (nSPS) is 16.8. The van der Waals surface area contributed by atoms with Crippen LogP contribution in [0.15, 0.2) is 22.8 Å². The third kappa shape index (κ3) is 6.37. The van der Waals surface area contributed by atoms with Crippen LogP contribution >= 0.6 is 0 Å². The van der Waals surface area contributed by atoms with Crippen LogP contribution < -0.4 is 10.6 Å². The fourth-order valence-electron chi connectivity index (χ4n) is 3.38. The fraction of sp³-hybridized carbons (Fsp3) is 0.684. The summed E-state index contributed by atoms with van der Waals surface area (Å²) in [6, 6.07) is 3.50. The van der Waals surface area contributed by atoms with E-state index < -0.39 is 0 Å². The number of amides is 3. The minimum absolute atomic E-state index is 0.0825. The molecule has 146 valence electrons. The molecule has 3 amide bonds. The second kappa shape index (κ2) is 9.62. The Balaban J connectivity index is 1.77. The molecule has 1 aromatic heterocycles. The molecule has 7 heteroatoms. The van der Waals surface area contributed by atoms with Crippen molar-refractivity contribution >= 4 is 11.9 Å². The molecule has 0 radical (unpaired) electrons. The molecule has 1 aliphatic rings. The summed E-state index contributed by atoms with van der Waals surface area (Å²) in [6.07, 6.45) is 3.96. The molecule has 0 aromatic carbocycles. The fourth-order valence-corrected chi connectivity index (χ4v) is 3.38. The van der Waals surface area contributed by atoms with Crippen LogP contribution in [0.3, 0.4) is 0 Å². The van der Waals surface area contributed by atoms with Crippen LogP contribution in [0, 0.1) is 5.92 Å². The van der Waals surface area contributed by atoms with Gasteiger partial charge >= 0.3 is 6.03 Å². The van der Waals surface area contributed by atoms with Crippen molar-refractivity contribution in [3.63, 3.8) is 0 Å². The second-order valence-corrected chi connectivity index (χ2v) is 7.75. The molecule has 0 spiro atoms. The highest BCUT2D eigenvalue weighted by molar-refractivity contribution is 5.91. The Hall–Kier alpha value is -2.02. The van der Waals surface area contributed by atoms with Crippen LogP contribution in [0.1, 0.15) is 43.7 Å². The van der Waals surface area contributed by atoms with Gasteiger partial charge in [-0.1, -0.05) is 13.8 Å². The van der Waals surface area contributed by atoms with Crippen molar-refractivity contribution in [1.29, 1.82) is 0 Å². The van der Waals surface area contributed by atoms with Gasteiger partial charge in [0.1, 0.15) is 0 Å². The first-order valence-electron chi connectivity index (χ1n) is 9.39. The van der Waals surface area contributed by atoms with E-state index in [9.17, 15) is 9.59 Å². The SMILES string of the molecule is CC(C)CC(CN(C)C)NC(=O)NC1CCN(C(=O)c2ccco2)CC1. The van der Waals surface area contributed by atoms with E-state index in [1.54, 1.807) is 17.0 Å². The Morgan fingerprint density at radius 2 is 2.00 bits per heavy atom. The molecule has 2 rings (SSSR count). The minimum atomic E-state index is -0.117. The van der Waals surface area contributed by atoms with E-state index >= 15 is 0 Å². The maximum Gasteiger partial charge on any atom is 0.315 e. The van der Waals surface area contributed by atoms with Gasteiger partial charge in [-0.3, -0.25) is 4.79 Å². The number of likely N-dealkylation sites (tertiary alicyclic amines) is 1. The lowest BCUT2D eigenvalue weighted by atomic mass is 10.0. The molecule has 1 aromatic rings. The first-order valence-corrected chi connectivity index (χ1v) is 9.39. The number of furan rings is 1. The number of hydrogen-bond acceptors (Lipinski definition) is 4. The van der Waals surface area contributed by atoms with Gasteiger partial charge in [0.05, 0.1) is 6.26 Å². The maximum atomic E-state index is 12.4. The zero-order valence-corrected chi connectivity index (χ0v) is 16.3. The van der Waals surface area contributed by atoms with E-state index in [0.717, 1.165) is 25.8 Å². The first kappa shape index (κ1) is 20.3. The lowest BCUT2D eigenvalue weighted by Crippen LogP contribution is -2.52. The number of carbonyl (C=O) groups is 2. The van der Waals surface area contributed by atoms with E-state index in [-0.39, 0.29) is 24.0 Å². The van der Waals surface area contributed by atoms with Gasteiger partial charge in [0.25, 0.3) is 5.91 Å². The summed E-state index contributed by atoms with van der Waals surface area (Å²) < 4.78 is 5.17. The number of rotatable bonds is 7. The topological polar surface area (TPSA) is 77.8 Å². The van der Waals surface area contributed by atoms with Gasteiger partial charge in [0.2, 0.25) is 0 Å². The molecule has 0 bridgehead atoms. The number of nitrogens with one attached hydrogen (secondary N) is 2. The smallest absolute Gasteiger partial charge is 0.315 e. The molecule has 2 heterocycles. The Morgan fingerprint density at radius 3 is 2.54 bits per heavy atom. The van der Waals surface area contributed by atoms with E-state index in [1.165, 1.54) is 6.26 Å². The Labute approximate surface area is 156 Å². The Bertz CT molecular complexity index is 553. The van der Waals surface area contributed by atoms with Crippen molar-refractivity contribution in [2.24, 2.45) is 5.92 Å². The number of urea groups is 1. The minimum Gasteiger partial charge on any atom is -0.459 e. The van der Waals surface area contributed by atoms with Crippen LogP contribution in [-0.4, -0.2) is 67.6 Å². The van der Waals surface area contributed by atoms with E-state index in [1.807, 2.05) is 14.1 Å². The molecule has 1 unspecified atom stereocenters. The molecule has 26 heavy (non-hydrogen) atoms. The van der Waals surface area contributed by atoms with Crippen molar-refractivity contribution < 1.29 is 14.0 Å². The van der Waals surface area contributed by atoms with Gasteiger partial charge in [-0.15, -0.1) is 0 Å². The lowest BCUT2D eigenvalue weighted by molar-refractivity contribution is 0.0676. The lowest BCUT2D eigenvalue weighted by Gasteiger charge is -2.32. The summed E-state index contributed by atoms with van der Waals surface area (Å²) in [7, 11) is 4.03. The Kier molecular flexibility index (Phi) is 7.50. The zero-order valence-electron chi connectivity index (χ0n) is 16.3. The molecular weight excluding hydrogens is 332 g/mol. The highest BCUT2D eigenvalue weighted by atomic mass is 16.3. The third-order valence-electron chi connectivity index (χ3n) is 4.53. The number of nitrogens with zero attached hydrogens (tertiary/aromatic N) is 2. The van der Waals surface area contributed by atoms with E-state index in [2.05, 4.69) is 29.4 Å². The molecule has 2 N–H and O–H groups in total. The van der Waals surface area contributed by atoms with Crippen LogP contribution in [-0.2, 0) is 0 Å². The summed E-state index contributed by atoms with van der Waals surface area (Å²) in [4.78, 5) is 28.5. The number of likely N-dealkylation sites (N-methyl/N-ethyl adjacent to an activating group) is 1. The second-order valence-electron chi connectivity index (χ2n) is 7.75. The van der Waals surface area contributed by atoms with Gasteiger partial charge in [-0.25, -0.2) is 4.79 Å². The van der Waals surface area contributed by atoms with E-state index in [0.29, 0.717) is 24.8 Å². The molecule has 7 nitrogen and oxygen atoms in total. The number of piperidine rings is 1. The first-order chi connectivity index (χ1) is 12.3. The quantitative estimate of drug-likeness (QED) is 0.777. The zero-order chi connectivity index (χ0) is 19.1. The average Bonchev–Trinajstić information content (AvgIpc) is 3.07. The maximum absolute atomic E-state index is 12.4. The van der Waals surface area contributed by atoms with Crippen LogP contribution in [0.2, 0.25) is 0 Å². The highest BCUT2D eigenvalue weighted by Crippen LogP contribution is 2.14. The van der Waals surface area contributed by atoms with E-state index in [4.69, 9.17) is 4.42 Å². The van der Waals surface area contributed by atoms with Gasteiger partial charge in [0.15, 0.2) is 5.76 Å². The van der Waals surface area contributed by atoms with Gasteiger partial charge in [-0.2, -0.15) is 0 Å². The summed E-state index contributed by atoms with van der Waals surface area (Å²) >= 11 is 0. The van der Waals surface area contributed by atoms with Crippen LogP contribution in [0.5, 0.6) is 0 Å². The predicted molar refractivity (Wildman–Crippen MR) is 101 cm³/mol. The molecule has 0 aliphatic carbocycles. The monoisotopic (exact) mass is 364 g/mol. The number of hydrogen-bond donors (Lipinski definition) is 2. The largest absolute Gasteiger partial charge is 0.459 e. The van der Waals surface area contributed by atoms with Crippen molar-refractivity contribution in [2.45, 2.75) is 45.2 Å². The summed E-state index contributed by atoms with van der Waals surface area (Å²) in [5, 5.41) is 6.16. The average molecular weight is 364 g/mol. The summed E-state index contributed by atoms with van der Waals surface area (Å²) in [5.74, 6) is 0.811. The van der Waals surface area contributed by atoms with Crippen LogP contribution in [0.25, 0.3) is 0 Å². The molecular formula is C19H32N4O3.